The number of rotatable bonds is 8. The summed E-state index contributed by atoms with van der Waals surface area (Å²) >= 11 is 0. The zero-order chi connectivity index (χ0) is 12.0. The molecule has 0 saturated heterocycles. The molecule has 16 heavy (non-hydrogen) atoms. The fourth-order valence-corrected chi connectivity index (χ4v) is 1.67. The zero-order valence-corrected chi connectivity index (χ0v) is 10.8. The first-order valence-corrected chi connectivity index (χ1v) is 6.40. The van der Waals surface area contributed by atoms with Crippen LogP contribution in [0, 0.1) is 11.3 Å². The minimum Gasteiger partial charge on any atom is -0.379 e. The summed E-state index contributed by atoms with van der Waals surface area (Å²) < 4.78 is 5.61. The van der Waals surface area contributed by atoms with Crippen LogP contribution in [-0.2, 0) is 4.74 Å². The number of nitriles is 1. The summed E-state index contributed by atoms with van der Waals surface area (Å²) in [6.07, 6.45) is 5.66. The average molecular weight is 224 g/mol. The van der Waals surface area contributed by atoms with Crippen LogP contribution in [0.25, 0.3) is 0 Å². The van der Waals surface area contributed by atoms with Gasteiger partial charge in [-0.05, 0) is 46.0 Å². The van der Waals surface area contributed by atoms with Gasteiger partial charge in [0.05, 0.1) is 12.2 Å². The SMILES string of the molecule is CCC(C)OCCCC(C)(C#N)NC1CC1. The Kier molecular flexibility index (Phi) is 5.24. The van der Waals surface area contributed by atoms with E-state index in [0.717, 1.165) is 25.9 Å². The third kappa shape index (κ3) is 4.96. The van der Waals surface area contributed by atoms with E-state index in [0.29, 0.717) is 12.1 Å². The lowest BCUT2D eigenvalue weighted by Gasteiger charge is -2.23. The Morgan fingerprint density at radius 3 is 2.75 bits per heavy atom. The van der Waals surface area contributed by atoms with Crippen LogP contribution >= 0.6 is 0 Å². The maximum atomic E-state index is 9.16. The van der Waals surface area contributed by atoms with Crippen molar-refractivity contribution in [3.63, 3.8) is 0 Å². The Morgan fingerprint density at radius 1 is 1.56 bits per heavy atom. The van der Waals surface area contributed by atoms with Gasteiger partial charge in [0, 0.05) is 12.6 Å². The van der Waals surface area contributed by atoms with Crippen molar-refractivity contribution < 1.29 is 4.74 Å². The van der Waals surface area contributed by atoms with Crippen LogP contribution in [0.1, 0.15) is 52.9 Å². The van der Waals surface area contributed by atoms with Gasteiger partial charge in [0.1, 0.15) is 5.54 Å². The molecule has 2 unspecified atom stereocenters. The molecule has 0 aromatic rings. The molecule has 3 heteroatoms. The minimum absolute atomic E-state index is 0.338. The Balaban J connectivity index is 2.15. The third-order valence-corrected chi connectivity index (χ3v) is 3.15. The van der Waals surface area contributed by atoms with Gasteiger partial charge >= 0.3 is 0 Å². The highest BCUT2D eigenvalue weighted by molar-refractivity contribution is 5.06. The molecule has 0 heterocycles. The van der Waals surface area contributed by atoms with Gasteiger partial charge in [-0.25, -0.2) is 0 Å². The van der Waals surface area contributed by atoms with Crippen LogP contribution < -0.4 is 5.32 Å². The van der Waals surface area contributed by atoms with Gasteiger partial charge in [-0.15, -0.1) is 0 Å². The summed E-state index contributed by atoms with van der Waals surface area (Å²) in [4.78, 5) is 0. The Bertz CT molecular complexity index is 245. The molecule has 0 spiro atoms. The molecule has 0 aromatic carbocycles. The summed E-state index contributed by atoms with van der Waals surface area (Å²) in [6, 6.07) is 2.97. The van der Waals surface area contributed by atoms with Gasteiger partial charge in [0.25, 0.3) is 0 Å². The van der Waals surface area contributed by atoms with E-state index in [2.05, 4.69) is 25.2 Å². The number of hydrogen-bond acceptors (Lipinski definition) is 3. The van der Waals surface area contributed by atoms with Crippen LogP contribution in [0.3, 0.4) is 0 Å². The van der Waals surface area contributed by atoms with Crippen molar-refractivity contribution in [2.24, 2.45) is 0 Å². The third-order valence-electron chi connectivity index (χ3n) is 3.15. The number of hydrogen-bond donors (Lipinski definition) is 1. The Morgan fingerprint density at radius 2 is 2.25 bits per heavy atom. The number of ether oxygens (including phenoxy) is 1. The van der Waals surface area contributed by atoms with Crippen LogP contribution in [0.4, 0.5) is 0 Å². The van der Waals surface area contributed by atoms with Gasteiger partial charge in [-0.1, -0.05) is 6.92 Å². The van der Waals surface area contributed by atoms with Gasteiger partial charge in [-0.2, -0.15) is 5.26 Å². The van der Waals surface area contributed by atoms with Gasteiger partial charge < -0.3 is 4.74 Å². The van der Waals surface area contributed by atoms with Crippen molar-refractivity contribution in [3.8, 4) is 6.07 Å². The summed E-state index contributed by atoms with van der Waals surface area (Å²) in [6.45, 7) is 6.97. The van der Waals surface area contributed by atoms with E-state index in [9.17, 15) is 0 Å². The molecule has 0 bridgehead atoms. The zero-order valence-electron chi connectivity index (χ0n) is 10.8. The van der Waals surface area contributed by atoms with Crippen LogP contribution in [0.15, 0.2) is 0 Å². The van der Waals surface area contributed by atoms with Crippen molar-refractivity contribution in [2.75, 3.05) is 6.61 Å². The maximum Gasteiger partial charge on any atom is 0.104 e. The molecular weight excluding hydrogens is 200 g/mol. The topological polar surface area (TPSA) is 45.0 Å². The summed E-state index contributed by atoms with van der Waals surface area (Å²) in [7, 11) is 0. The van der Waals surface area contributed by atoms with E-state index in [4.69, 9.17) is 10.00 Å². The van der Waals surface area contributed by atoms with E-state index >= 15 is 0 Å². The minimum atomic E-state index is -0.361. The van der Waals surface area contributed by atoms with E-state index < -0.39 is 0 Å². The van der Waals surface area contributed by atoms with Crippen LogP contribution in [-0.4, -0.2) is 24.3 Å². The molecule has 1 N–H and O–H groups in total. The molecular formula is C13H24N2O. The first-order valence-electron chi connectivity index (χ1n) is 6.40. The second-order valence-corrected chi connectivity index (χ2v) is 5.06. The highest BCUT2D eigenvalue weighted by Gasteiger charge is 2.31. The highest BCUT2D eigenvalue weighted by Crippen LogP contribution is 2.24. The smallest absolute Gasteiger partial charge is 0.104 e. The van der Waals surface area contributed by atoms with E-state index in [1.165, 1.54) is 12.8 Å². The highest BCUT2D eigenvalue weighted by atomic mass is 16.5. The molecule has 92 valence electrons. The van der Waals surface area contributed by atoms with E-state index in [-0.39, 0.29) is 5.54 Å². The predicted molar refractivity (Wildman–Crippen MR) is 65.1 cm³/mol. The molecule has 1 fully saturated rings. The fraction of sp³-hybridized carbons (Fsp3) is 0.923. The lowest BCUT2D eigenvalue weighted by Crippen LogP contribution is -2.42. The lowest BCUT2D eigenvalue weighted by molar-refractivity contribution is 0.0586. The Hall–Kier alpha value is -0.590. The van der Waals surface area contributed by atoms with E-state index in [1.54, 1.807) is 0 Å². The number of nitrogens with one attached hydrogen (secondary N) is 1. The van der Waals surface area contributed by atoms with Crippen molar-refractivity contribution in [1.82, 2.24) is 5.32 Å². The molecule has 1 rings (SSSR count). The average Bonchev–Trinajstić information content (AvgIpc) is 3.08. The second-order valence-electron chi connectivity index (χ2n) is 5.06. The van der Waals surface area contributed by atoms with Gasteiger partial charge in [-0.3, -0.25) is 5.32 Å². The fourth-order valence-electron chi connectivity index (χ4n) is 1.67. The molecule has 1 saturated carbocycles. The second kappa shape index (κ2) is 6.22. The Labute approximate surface area is 99.2 Å². The van der Waals surface area contributed by atoms with Gasteiger partial charge in [0.2, 0.25) is 0 Å². The molecule has 1 aliphatic rings. The quantitative estimate of drug-likeness (QED) is 0.645. The molecule has 0 amide bonds. The summed E-state index contributed by atoms with van der Waals surface area (Å²) in [5.74, 6) is 0. The van der Waals surface area contributed by atoms with Crippen LogP contribution in [0.2, 0.25) is 0 Å². The van der Waals surface area contributed by atoms with Crippen molar-refractivity contribution >= 4 is 0 Å². The monoisotopic (exact) mass is 224 g/mol. The molecule has 3 nitrogen and oxygen atoms in total. The van der Waals surface area contributed by atoms with Crippen molar-refractivity contribution in [2.45, 2.75) is 70.6 Å². The van der Waals surface area contributed by atoms with Crippen LogP contribution in [0.5, 0.6) is 0 Å². The summed E-state index contributed by atoms with van der Waals surface area (Å²) in [5.41, 5.74) is -0.361. The standard InChI is InChI=1S/C13H24N2O/c1-4-11(2)16-9-5-8-13(3,10-14)15-12-6-7-12/h11-12,15H,4-9H2,1-3H3. The molecule has 0 radical (unpaired) electrons. The predicted octanol–water partition coefficient (Wildman–Crippen LogP) is 2.62. The normalized spacial score (nSPS) is 21.1. The first-order chi connectivity index (χ1) is 7.59. The number of nitrogens with zero attached hydrogens (tertiary/aromatic N) is 1. The molecule has 2 atom stereocenters. The van der Waals surface area contributed by atoms with Gasteiger partial charge in [0.15, 0.2) is 0 Å². The first kappa shape index (κ1) is 13.5. The summed E-state index contributed by atoms with van der Waals surface area (Å²) in [5, 5.41) is 12.6. The lowest BCUT2D eigenvalue weighted by atomic mass is 9.98. The van der Waals surface area contributed by atoms with Crippen molar-refractivity contribution in [3.05, 3.63) is 0 Å². The molecule has 0 aliphatic heterocycles. The molecule has 0 aromatic heterocycles. The van der Waals surface area contributed by atoms with Crippen molar-refractivity contribution in [1.29, 1.82) is 5.26 Å². The molecule has 1 aliphatic carbocycles. The maximum absolute atomic E-state index is 9.16. The van der Waals surface area contributed by atoms with E-state index in [1.807, 2.05) is 6.92 Å². The largest absolute Gasteiger partial charge is 0.379 e.